The average molecular weight is 846 g/mol. The van der Waals surface area contributed by atoms with Crippen molar-refractivity contribution in [1.82, 2.24) is 41.9 Å². The second-order valence-corrected chi connectivity index (χ2v) is 14.1. The first-order valence-corrected chi connectivity index (χ1v) is 18.9. The number of nitrogens with zero attached hydrogens (tertiary/aromatic N) is 2. The monoisotopic (exact) mass is 845 g/mol. The van der Waals surface area contributed by atoms with Crippen molar-refractivity contribution in [1.29, 1.82) is 0 Å². The lowest BCUT2D eigenvalue weighted by atomic mass is 9.95. The maximum absolute atomic E-state index is 14.2. The largest absolute Gasteiger partial charge is 0.394 e. The summed E-state index contributed by atoms with van der Waals surface area (Å²) in [6, 6.07) is 0.117. The first kappa shape index (κ1) is 48.2. The number of aliphatic hydroxyl groups excluding tert-OH is 3. The highest BCUT2D eigenvalue weighted by Crippen LogP contribution is 2.20. The molecule has 24 nitrogen and oxygen atoms in total. The number of carbonyl (C=O) groups is 7. The van der Waals surface area contributed by atoms with Crippen molar-refractivity contribution in [3.05, 3.63) is 54.1 Å². The van der Waals surface area contributed by atoms with Crippen LogP contribution in [0, 0.1) is 0 Å². The molecule has 60 heavy (non-hydrogen) atoms. The number of hydrogen-bond acceptors (Lipinski definition) is 14. The van der Waals surface area contributed by atoms with Gasteiger partial charge in [0.25, 0.3) is 0 Å². The van der Waals surface area contributed by atoms with Gasteiger partial charge in [-0.1, -0.05) is 30.3 Å². The van der Waals surface area contributed by atoms with Gasteiger partial charge in [0.15, 0.2) is 12.2 Å². The molecule has 2 heterocycles. The standard InChI is InChI=1S/C36H55N13O11/c1-17(30(38)55)44-32(57)22(11-19-7-4-3-5-8-19)47-34(59)24(13-26(52)49-35-27(45-18(2)51)29(54)28(53)25(15-50)60-35)48-33(58)23(12-20-14-41-16-43-20)46-31(56)21(37)9-6-10-42-36(39)40/h3-5,7-8,14,16-17,21-25,27-29,35,50,53-54H,6,9-13,15,37H2,1-2H3,(H2,38,55)(H,41,43)(H,44,57)(H,45,51)(H,46,56)(H,47,59)(H,48,58)(H,49,52)(H4,39,40,42)/t17-,21-,22-,23-,24-,25+,27+,28+,29+,35+/m0/s1. The second-order valence-electron chi connectivity index (χ2n) is 14.1. The Morgan fingerprint density at radius 2 is 1.48 bits per heavy atom. The fourth-order valence-corrected chi connectivity index (χ4v) is 5.99. The number of aromatic nitrogens is 2. The van der Waals surface area contributed by atoms with E-state index in [0.717, 1.165) is 6.92 Å². The molecule has 1 aliphatic heterocycles. The molecule has 1 fully saturated rings. The lowest BCUT2D eigenvalue weighted by Gasteiger charge is -2.42. The predicted molar refractivity (Wildman–Crippen MR) is 211 cm³/mol. The minimum absolute atomic E-state index is 0.118. The average Bonchev–Trinajstić information content (AvgIpc) is 3.71. The Hall–Kier alpha value is -6.21. The Morgan fingerprint density at radius 3 is 2.08 bits per heavy atom. The minimum Gasteiger partial charge on any atom is -0.394 e. The van der Waals surface area contributed by atoms with Crippen molar-refractivity contribution in [3.8, 4) is 0 Å². The number of aliphatic hydroxyl groups is 3. The van der Waals surface area contributed by atoms with E-state index in [4.69, 9.17) is 27.7 Å². The first-order valence-electron chi connectivity index (χ1n) is 18.9. The number of carbonyl (C=O) groups excluding carboxylic acids is 7. The molecule has 0 saturated carbocycles. The lowest BCUT2D eigenvalue weighted by molar-refractivity contribution is -0.203. The van der Waals surface area contributed by atoms with Crippen LogP contribution in [0.15, 0.2) is 47.8 Å². The maximum Gasteiger partial charge on any atom is 0.243 e. The number of imidazole rings is 1. The van der Waals surface area contributed by atoms with E-state index in [1.54, 1.807) is 30.3 Å². The third-order valence-electron chi connectivity index (χ3n) is 9.24. The fourth-order valence-electron chi connectivity index (χ4n) is 5.99. The summed E-state index contributed by atoms with van der Waals surface area (Å²) in [6.45, 7) is 1.83. The zero-order chi connectivity index (χ0) is 44.5. The minimum atomic E-state index is -1.81. The van der Waals surface area contributed by atoms with Crippen LogP contribution in [0.4, 0.5) is 0 Å². The van der Waals surface area contributed by atoms with Crippen LogP contribution in [-0.2, 0) is 51.1 Å². The SMILES string of the molecule is CC(=O)N[C@@H]1[C@@H](O)[C@H](O)[C@@H](CO)O[C@H]1NC(=O)C[C@H](NC(=O)[C@H](Cc1cnc[nH]1)NC(=O)[C@@H](N)CCCN=C(N)N)C(=O)N[C@@H](Cc1ccccc1)C(=O)N[C@@H](C)C(N)=O. The number of guanidine groups is 1. The van der Waals surface area contributed by atoms with E-state index >= 15 is 0 Å². The van der Waals surface area contributed by atoms with Crippen molar-refractivity contribution in [2.45, 2.75) is 107 Å². The summed E-state index contributed by atoms with van der Waals surface area (Å²) < 4.78 is 5.58. The molecule has 330 valence electrons. The number of hydrogen-bond donors (Lipinski definition) is 14. The number of primary amides is 1. The Bertz CT molecular complexity index is 1800. The van der Waals surface area contributed by atoms with Gasteiger partial charge in [-0.25, -0.2) is 4.98 Å². The third kappa shape index (κ3) is 15.2. The van der Waals surface area contributed by atoms with Gasteiger partial charge >= 0.3 is 0 Å². The van der Waals surface area contributed by atoms with Gasteiger partial charge in [0.2, 0.25) is 41.4 Å². The zero-order valence-electron chi connectivity index (χ0n) is 33.1. The molecule has 0 radical (unpaired) electrons. The molecular formula is C36H55N13O11. The number of aromatic amines is 1. The molecular weight excluding hydrogens is 790 g/mol. The smallest absolute Gasteiger partial charge is 0.243 e. The molecule has 10 atom stereocenters. The van der Waals surface area contributed by atoms with Crippen LogP contribution < -0.4 is 54.8 Å². The number of nitrogens with two attached hydrogens (primary N) is 4. The van der Waals surface area contributed by atoms with Crippen molar-refractivity contribution in [2.75, 3.05) is 13.2 Å². The zero-order valence-corrected chi connectivity index (χ0v) is 33.1. The van der Waals surface area contributed by atoms with Crippen LogP contribution >= 0.6 is 0 Å². The highest BCUT2D eigenvalue weighted by atomic mass is 16.5. The topological polar surface area (TPSA) is 407 Å². The molecule has 2 aromatic rings. The molecule has 0 unspecified atom stereocenters. The normalized spacial score (nSPS) is 21.1. The van der Waals surface area contributed by atoms with E-state index < -0.39 is 115 Å². The molecule has 0 bridgehead atoms. The summed E-state index contributed by atoms with van der Waals surface area (Å²) in [5, 5.41) is 45.6. The summed E-state index contributed by atoms with van der Waals surface area (Å²) in [6.07, 6.45) is -4.39. The summed E-state index contributed by atoms with van der Waals surface area (Å²) in [4.78, 5) is 103. The fraction of sp³-hybridized carbons (Fsp3) is 0.528. The second kappa shape index (κ2) is 23.4. The van der Waals surface area contributed by atoms with Crippen molar-refractivity contribution >= 4 is 47.3 Å². The molecule has 18 N–H and O–H groups in total. The molecule has 1 saturated heterocycles. The van der Waals surface area contributed by atoms with Crippen LogP contribution in [0.1, 0.15) is 44.4 Å². The Balaban J connectivity index is 1.96. The van der Waals surface area contributed by atoms with Crippen molar-refractivity contribution in [3.63, 3.8) is 0 Å². The van der Waals surface area contributed by atoms with E-state index in [1.807, 2.05) is 0 Å². The first-order chi connectivity index (χ1) is 28.4. The molecule has 24 heteroatoms. The van der Waals surface area contributed by atoms with Crippen molar-refractivity contribution in [2.24, 2.45) is 27.9 Å². The van der Waals surface area contributed by atoms with E-state index in [2.05, 4.69) is 46.9 Å². The van der Waals surface area contributed by atoms with Crippen LogP contribution in [0.5, 0.6) is 0 Å². The number of amides is 7. The van der Waals surface area contributed by atoms with Crippen LogP contribution in [0.25, 0.3) is 0 Å². The van der Waals surface area contributed by atoms with Crippen molar-refractivity contribution < 1.29 is 53.6 Å². The van der Waals surface area contributed by atoms with Gasteiger partial charge in [-0.15, -0.1) is 0 Å². The van der Waals surface area contributed by atoms with Gasteiger partial charge in [-0.2, -0.15) is 0 Å². The van der Waals surface area contributed by atoms with Gasteiger partial charge in [0, 0.05) is 38.2 Å². The lowest BCUT2D eigenvalue weighted by Crippen LogP contribution is -2.68. The molecule has 0 aliphatic carbocycles. The van der Waals surface area contributed by atoms with E-state index in [9.17, 15) is 48.9 Å². The predicted octanol–water partition coefficient (Wildman–Crippen LogP) is -6.53. The van der Waals surface area contributed by atoms with Crippen LogP contribution in [0.3, 0.4) is 0 Å². The molecule has 7 amide bonds. The molecule has 3 rings (SSSR count). The number of aliphatic imine (C=N–C) groups is 1. The quantitative estimate of drug-likeness (QED) is 0.0298. The Labute approximate surface area is 344 Å². The number of nitrogens with one attached hydrogen (secondary N) is 7. The number of rotatable bonds is 22. The highest BCUT2D eigenvalue weighted by molar-refractivity contribution is 5.97. The molecule has 0 spiro atoms. The maximum atomic E-state index is 14.2. The summed E-state index contributed by atoms with van der Waals surface area (Å²) >= 11 is 0. The Kier molecular flexibility index (Phi) is 18.8. The molecule has 1 aromatic carbocycles. The number of ether oxygens (including phenoxy) is 1. The van der Waals surface area contributed by atoms with Gasteiger partial charge in [-0.3, -0.25) is 38.6 Å². The van der Waals surface area contributed by atoms with Gasteiger partial charge in [-0.05, 0) is 25.3 Å². The molecule has 1 aromatic heterocycles. The summed E-state index contributed by atoms with van der Waals surface area (Å²) in [7, 11) is 0. The molecule has 1 aliphatic rings. The van der Waals surface area contributed by atoms with Gasteiger partial charge < -0.3 is 79.9 Å². The van der Waals surface area contributed by atoms with Gasteiger partial charge in [0.05, 0.1) is 25.4 Å². The van der Waals surface area contributed by atoms with Crippen LogP contribution in [0.2, 0.25) is 0 Å². The number of benzene rings is 1. The van der Waals surface area contributed by atoms with Crippen LogP contribution in [-0.4, -0.2) is 147 Å². The summed E-state index contributed by atoms with van der Waals surface area (Å²) in [5.74, 6) is -6.33. The highest BCUT2D eigenvalue weighted by Gasteiger charge is 2.45. The Morgan fingerprint density at radius 1 is 0.867 bits per heavy atom. The van der Waals surface area contributed by atoms with Gasteiger partial charge in [0.1, 0.15) is 48.5 Å². The van der Waals surface area contributed by atoms with E-state index in [1.165, 1.54) is 19.4 Å². The number of H-pyrrole nitrogens is 1. The third-order valence-corrected chi connectivity index (χ3v) is 9.24. The van der Waals surface area contributed by atoms with E-state index in [0.29, 0.717) is 17.7 Å². The van der Waals surface area contributed by atoms with E-state index in [-0.39, 0.29) is 31.8 Å². The summed E-state index contributed by atoms with van der Waals surface area (Å²) in [5.41, 5.74) is 23.1.